The summed E-state index contributed by atoms with van der Waals surface area (Å²) in [6.07, 6.45) is 2.56. The summed E-state index contributed by atoms with van der Waals surface area (Å²) >= 11 is 0. The van der Waals surface area contributed by atoms with Crippen molar-refractivity contribution in [1.82, 2.24) is 15.8 Å². The van der Waals surface area contributed by atoms with E-state index in [0.29, 0.717) is 36.0 Å². The van der Waals surface area contributed by atoms with Crippen molar-refractivity contribution < 1.29 is 23.8 Å². The Labute approximate surface area is 209 Å². The summed E-state index contributed by atoms with van der Waals surface area (Å²) in [5.41, 5.74) is 6.09. The van der Waals surface area contributed by atoms with Crippen LogP contribution in [-0.2, 0) is 11.4 Å². The Bertz CT molecular complexity index is 1340. The highest BCUT2D eigenvalue weighted by molar-refractivity contribution is 5.96. The molecule has 0 aliphatic carbocycles. The number of nitrogens with one attached hydrogen (secondary N) is 2. The van der Waals surface area contributed by atoms with Crippen LogP contribution >= 0.6 is 0 Å². The first-order valence-corrected chi connectivity index (χ1v) is 11.6. The number of hydrogen-bond donors (Lipinski definition) is 2. The largest absolute Gasteiger partial charge is 0.490 e. The number of carbonyl (C=O) groups is 2. The third-order valence-corrected chi connectivity index (χ3v) is 5.35. The predicted molar refractivity (Wildman–Crippen MR) is 136 cm³/mol. The number of nitrogens with zero attached hydrogens (tertiary/aromatic N) is 1. The van der Waals surface area contributed by atoms with Crippen LogP contribution in [0.25, 0.3) is 10.8 Å². The number of hydrogen-bond acceptors (Lipinski definition) is 6. The van der Waals surface area contributed by atoms with Gasteiger partial charge in [0.1, 0.15) is 12.4 Å². The second kappa shape index (κ2) is 11.7. The molecule has 184 valence electrons. The van der Waals surface area contributed by atoms with Crippen molar-refractivity contribution in [2.45, 2.75) is 26.6 Å². The fraction of sp³-hybridized carbons (Fsp3) is 0.179. The van der Waals surface area contributed by atoms with E-state index in [2.05, 4.69) is 15.8 Å². The van der Waals surface area contributed by atoms with Gasteiger partial charge in [0.05, 0.1) is 6.61 Å². The number of carbonyl (C=O) groups excluding carboxylic acids is 2. The first-order chi connectivity index (χ1) is 17.5. The van der Waals surface area contributed by atoms with Gasteiger partial charge >= 0.3 is 0 Å². The maximum absolute atomic E-state index is 12.7. The summed E-state index contributed by atoms with van der Waals surface area (Å²) in [5.74, 6) is 0.512. The molecule has 8 nitrogen and oxygen atoms in total. The zero-order valence-electron chi connectivity index (χ0n) is 20.1. The van der Waals surface area contributed by atoms with Crippen LogP contribution in [0.3, 0.4) is 0 Å². The van der Waals surface area contributed by atoms with Gasteiger partial charge in [-0.2, -0.15) is 0 Å². The number of pyridine rings is 1. The highest BCUT2D eigenvalue weighted by Crippen LogP contribution is 2.29. The number of fused-ring (bicyclic) bond motifs is 1. The minimum atomic E-state index is -0.825. The molecule has 0 bridgehead atoms. The smallest absolute Gasteiger partial charge is 0.279 e. The number of aromatic nitrogens is 1. The lowest BCUT2D eigenvalue weighted by Crippen LogP contribution is -2.47. The number of rotatable bonds is 9. The van der Waals surface area contributed by atoms with Gasteiger partial charge in [-0.15, -0.1) is 0 Å². The minimum Gasteiger partial charge on any atom is -0.490 e. The standard InChI is InChI=1S/C28H27N3O5/c1-3-34-26-17-23(9-11-25(26)35-18-20-12-14-29-15-13-20)28(33)31-30-27(32)19(2)36-24-10-8-21-6-4-5-7-22(21)16-24/h4-17,19H,3,18H2,1-2H3,(H,30,32)(H,31,33). The summed E-state index contributed by atoms with van der Waals surface area (Å²) in [5, 5.41) is 2.09. The van der Waals surface area contributed by atoms with Crippen LogP contribution in [0.15, 0.2) is 85.2 Å². The van der Waals surface area contributed by atoms with Gasteiger partial charge < -0.3 is 14.2 Å². The third-order valence-electron chi connectivity index (χ3n) is 5.35. The van der Waals surface area contributed by atoms with E-state index in [9.17, 15) is 9.59 Å². The van der Waals surface area contributed by atoms with Crippen LogP contribution < -0.4 is 25.1 Å². The molecule has 0 aliphatic heterocycles. The van der Waals surface area contributed by atoms with Gasteiger partial charge in [-0.3, -0.25) is 25.4 Å². The topological polar surface area (TPSA) is 98.8 Å². The van der Waals surface area contributed by atoms with Crippen molar-refractivity contribution in [3.8, 4) is 17.2 Å². The Morgan fingerprint density at radius 3 is 2.42 bits per heavy atom. The average Bonchev–Trinajstić information content (AvgIpc) is 2.91. The van der Waals surface area contributed by atoms with E-state index in [0.717, 1.165) is 16.3 Å². The number of amides is 2. The summed E-state index contributed by atoms with van der Waals surface area (Å²) in [7, 11) is 0. The molecular weight excluding hydrogens is 458 g/mol. The van der Waals surface area contributed by atoms with Gasteiger partial charge in [-0.05, 0) is 72.6 Å². The van der Waals surface area contributed by atoms with Crippen molar-refractivity contribution >= 4 is 22.6 Å². The van der Waals surface area contributed by atoms with Gasteiger partial charge in [0.15, 0.2) is 17.6 Å². The molecule has 0 spiro atoms. The molecule has 0 aliphatic rings. The number of hydrazine groups is 1. The van der Waals surface area contributed by atoms with Crippen molar-refractivity contribution in [3.63, 3.8) is 0 Å². The van der Waals surface area contributed by atoms with E-state index in [-0.39, 0.29) is 0 Å². The van der Waals surface area contributed by atoms with Crippen LogP contribution in [0, 0.1) is 0 Å². The lowest BCUT2D eigenvalue weighted by atomic mass is 10.1. The maximum Gasteiger partial charge on any atom is 0.279 e. The lowest BCUT2D eigenvalue weighted by Gasteiger charge is -2.16. The van der Waals surface area contributed by atoms with E-state index in [1.54, 1.807) is 43.6 Å². The highest BCUT2D eigenvalue weighted by atomic mass is 16.5. The quantitative estimate of drug-likeness (QED) is 0.340. The SMILES string of the molecule is CCOc1cc(C(=O)NNC(=O)C(C)Oc2ccc3ccccc3c2)ccc1OCc1ccncc1. The molecule has 36 heavy (non-hydrogen) atoms. The monoisotopic (exact) mass is 485 g/mol. The second-order valence-electron chi connectivity index (χ2n) is 7.95. The molecule has 3 aromatic carbocycles. The number of ether oxygens (including phenoxy) is 3. The molecule has 2 N–H and O–H groups in total. The van der Waals surface area contributed by atoms with Gasteiger partial charge in [0.25, 0.3) is 11.8 Å². The molecule has 1 heterocycles. The van der Waals surface area contributed by atoms with Crippen LogP contribution in [0.1, 0.15) is 29.8 Å². The zero-order valence-corrected chi connectivity index (χ0v) is 20.1. The summed E-state index contributed by atoms with van der Waals surface area (Å²) in [6.45, 7) is 4.19. The Balaban J connectivity index is 1.34. The first kappa shape index (κ1) is 24.5. The first-order valence-electron chi connectivity index (χ1n) is 11.6. The van der Waals surface area contributed by atoms with E-state index in [1.807, 2.05) is 55.5 Å². The molecule has 1 aromatic heterocycles. The molecule has 8 heteroatoms. The fourth-order valence-electron chi connectivity index (χ4n) is 3.47. The molecule has 0 radical (unpaired) electrons. The van der Waals surface area contributed by atoms with E-state index in [1.165, 1.54) is 0 Å². The summed E-state index contributed by atoms with van der Waals surface area (Å²) in [6, 6.07) is 22.0. The minimum absolute atomic E-state index is 0.304. The van der Waals surface area contributed by atoms with Crippen LogP contribution in [0.4, 0.5) is 0 Å². The highest BCUT2D eigenvalue weighted by Gasteiger charge is 2.17. The van der Waals surface area contributed by atoms with Crippen molar-refractivity contribution in [3.05, 3.63) is 96.3 Å². The Morgan fingerprint density at radius 2 is 1.64 bits per heavy atom. The number of benzene rings is 3. The molecule has 4 rings (SSSR count). The molecule has 0 saturated heterocycles. The van der Waals surface area contributed by atoms with Crippen molar-refractivity contribution in [2.75, 3.05) is 6.61 Å². The normalized spacial score (nSPS) is 11.4. The van der Waals surface area contributed by atoms with Crippen LogP contribution in [0.2, 0.25) is 0 Å². The van der Waals surface area contributed by atoms with Crippen molar-refractivity contribution in [2.24, 2.45) is 0 Å². The van der Waals surface area contributed by atoms with Crippen molar-refractivity contribution in [1.29, 1.82) is 0 Å². The van der Waals surface area contributed by atoms with Gasteiger partial charge in [-0.1, -0.05) is 30.3 Å². The van der Waals surface area contributed by atoms with Crippen LogP contribution in [0.5, 0.6) is 17.2 Å². The molecule has 4 aromatic rings. The molecular formula is C28H27N3O5. The summed E-state index contributed by atoms with van der Waals surface area (Å²) < 4.78 is 17.3. The molecule has 2 amide bonds. The molecule has 0 saturated carbocycles. The Hall–Kier alpha value is -4.59. The fourth-order valence-corrected chi connectivity index (χ4v) is 3.47. The molecule has 1 unspecified atom stereocenters. The van der Waals surface area contributed by atoms with Gasteiger partial charge in [0, 0.05) is 18.0 Å². The van der Waals surface area contributed by atoms with Crippen LogP contribution in [-0.4, -0.2) is 29.5 Å². The molecule has 0 fully saturated rings. The van der Waals surface area contributed by atoms with Gasteiger partial charge in [0.2, 0.25) is 0 Å². The maximum atomic E-state index is 12.7. The Kier molecular flexibility index (Phi) is 7.97. The average molecular weight is 486 g/mol. The summed E-state index contributed by atoms with van der Waals surface area (Å²) in [4.78, 5) is 29.1. The zero-order chi connectivity index (χ0) is 25.3. The van der Waals surface area contributed by atoms with E-state index < -0.39 is 17.9 Å². The predicted octanol–water partition coefficient (Wildman–Crippen LogP) is 4.44. The van der Waals surface area contributed by atoms with Gasteiger partial charge in [-0.25, -0.2) is 0 Å². The second-order valence-corrected chi connectivity index (χ2v) is 7.95. The molecule has 1 atom stereocenters. The van der Waals surface area contributed by atoms with E-state index in [4.69, 9.17) is 14.2 Å². The van der Waals surface area contributed by atoms with E-state index >= 15 is 0 Å². The lowest BCUT2D eigenvalue weighted by molar-refractivity contribution is -0.128. The Morgan fingerprint density at radius 1 is 0.861 bits per heavy atom. The third kappa shape index (κ3) is 6.29.